The Hall–Kier alpha value is -3.21. The number of furan rings is 1. The van der Waals surface area contributed by atoms with Gasteiger partial charge in [-0.25, -0.2) is 4.79 Å². The number of hydrogen-bond acceptors (Lipinski definition) is 8. The molecule has 0 fully saturated rings. The molecule has 11 heteroatoms. The third-order valence-electron chi connectivity index (χ3n) is 3.42. The lowest BCUT2D eigenvalue weighted by Crippen LogP contribution is -2.03. The fraction of sp³-hybridized carbons (Fsp3) is 0.167. The van der Waals surface area contributed by atoms with Gasteiger partial charge in [-0.3, -0.25) is 0 Å². The average molecular weight is 471 g/mol. The predicted molar refractivity (Wildman–Crippen MR) is 98.2 cm³/mol. The van der Waals surface area contributed by atoms with Crippen LogP contribution in [0.3, 0.4) is 0 Å². The molecule has 3 aromatic rings. The van der Waals surface area contributed by atoms with Crippen LogP contribution in [0.5, 0.6) is 11.5 Å². The summed E-state index contributed by atoms with van der Waals surface area (Å²) in [6, 6.07) is 7.54. The molecule has 0 amide bonds. The second kappa shape index (κ2) is 9.32. The summed E-state index contributed by atoms with van der Waals surface area (Å²) in [5.74, 6) is 0.00685. The average Bonchev–Trinajstić information content (AvgIpc) is 3.33. The third-order valence-corrected chi connectivity index (χ3v) is 3.85. The standard InChI is InChI=1S/C18H13BrF2N2O6/c1-25-13-8-10(2-5-12(13)28-18(20)21)17-22-15(29-23-17)9-26-16(24)7-4-11-3-6-14(19)27-11/h2-8,18H,9H2,1H3/b7-4+. The van der Waals surface area contributed by atoms with Gasteiger partial charge >= 0.3 is 12.6 Å². The highest BCUT2D eigenvalue weighted by Gasteiger charge is 2.15. The molecule has 29 heavy (non-hydrogen) atoms. The Kier molecular flexibility index (Phi) is 6.60. The Balaban J connectivity index is 1.61. The van der Waals surface area contributed by atoms with Gasteiger partial charge in [0.1, 0.15) is 5.76 Å². The van der Waals surface area contributed by atoms with Crippen LogP contribution in [0.25, 0.3) is 17.5 Å². The number of alkyl halides is 2. The minimum atomic E-state index is -2.98. The number of hydrogen-bond donors (Lipinski definition) is 0. The first-order chi connectivity index (χ1) is 13.9. The van der Waals surface area contributed by atoms with E-state index in [0.29, 0.717) is 16.0 Å². The van der Waals surface area contributed by atoms with E-state index in [1.165, 1.54) is 37.5 Å². The van der Waals surface area contributed by atoms with Gasteiger partial charge in [0.05, 0.1) is 7.11 Å². The molecule has 0 saturated carbocycles. The van der Waals surface area contributed by atoms with Crippen LogP contribution in [0.2, 0.25) is 0 Å². The van der Waals surface area contributed by atoms with Gasteiger partial charge in [0.2, 0.25) is 5.82 Å². The van der Waals surface area contributed by atoms with Crippen molar-refractivity contribution in [2.45, 2.75) is 13.2 Å². The lowest BCUT2D eigenvalue weighted by atomic mass is 10.2. The van der Waals surface area contributed by atoms with Gasteiger partial charge in [-0.2, -0.15) is 13.8 Å². The Bertz CT molecular complexity index is 1020. The molecule has 0 N–H and O–H groups in total. The highest BCUT2D eigenvalue weighted by atomic mass is 79.9. The van der Waals surface area contributed by atoms with E-state index in [1.54, 1.807) is 12.1 Å². The number of esters is 1. The molecule has 8 nitrogen and oxygen atoms in total. The van der Waals surface area contributed by atoms with Crippen LogP contribution in [-0.2, 0) is 16.1 Å². The molecule has 0 spiro atoms. The lowest BCUT2D eigenvalue weighted by Gasteiger charge is -2.10. The Morgan fingerprint density at radius 2 is 2.10 bits per heavy atom. The van der Waals surface area contributed by atoms with Crippen molar-refractivity contribution in [3.8, 4) is 22.9 Å². The number of rotatable bonds is 8. The number of nitrogens with zero attached hydrogens (tertiary/aromatic N) is 2. The van der Waals surface area contributed by atoms with Gasteiger partial charge < -0.3 is 23.2 Å². The van der Waals surface area contributed by atoms with Crippen molar-refractivity contribution in [1.29, 1.82) is 0 Å². The molecule has 0 aliphatic rings. The zero-order valence-corrected chi connectivity index (χ0v) is 16.4. The number of benzene rings is 1. The quantitative estimate of drug-likeness (QED) is 0.351. The molecule has 152 valence electrons. The number of carbonyl (C=O) groups excluding carboxylic acids is 1. The smallest absolute Gasteiger partial charge is 0.387 e. The molecule has 0 saturated heterocycles. The van der Waals surface area contributed by atoms with Gasteiger partial charge in [0, 0.05) is 11.6 Å². The maximum absolute atomic E-state index is 12.4. The van der Waals surface area contributed by atoms with Gasteiger partial charge in [-0.15, -0.1) is 0 Å². The Labute approximate surface area is 171 Å². The maximum atomic E-state index is 12.4. The van der Waals surface area contributed by atoms with E-state index in [1.807, 2.05) is 0 Å². The van der Waals surface area contributed by atoms with Crippen molar-refractivity contribution < 1.29 is 36.7 Å². The molecule has 2 heterocycles. The van der Waals surface area contributed by atoms with Crippen LogP contribution < -0.4 is 9.47 Å². The molecule has 3 rings (SSSR count). The van der Waals surface area contributed by atoms with Crippen LogP contribution in [0.4, 0.5) is 8.78 Å². The van der Waals surface area contributed by atoms with Crippen LogP contribution in [-0.4, -0.2) is 29.8 Å². The monoisotopic (exact) mass is 470 g/mol. The summed E-state index contributed by atoms with van der Waals surface area (Å²) in [7, 11) is 1.31. The van der Waals surface area contributed by atoms with Crippen molar-refractivity contribution in [3.05, 3.63) is 52.7 Å². The Morgan fingerprint density at radius 3 is 2.79 bits per heavy atom. The molecular weight excluding hydrogens is 458 g/mol. The molecule has 1 aromatic carbocycles. The molecule has 0 radical (unpaired) electrons. The summed E-state index contributed by atoms with van der Waals surface area (Å²) in [5.41, 5.74) is 0.438. The summed E-state index contributed by atoms with van der Waals surface area (Å²) in [6.45, 7) is -3.23. The minimum Gasteiger partial charge on any atom is -0.493 e. The Morgan fingerprint density at radius 1 is 1.28 bits per heavy atom. The van der Waals surface area contributed by atoms with Crippen LogP contribution >= 0.6 is 15.9 Å². The van der Waals surface area contributed by atoms with Crippen LogP contribution in [0.15, 0.2) is 50.0 Å². The van der Waals surface area contributed by atoms with Crippen molar-refractivity contribution in [1.82, 2.24) is 10.1 Å². The molecule has 0 unspecified atom stereocenters. The van der Waals surface area contributed by atoms with E-state index in [9.17, 15) is 13.6 Å². The van der Waals surface area contributed by atoms with E-state index in [0.717, 1.165) is 0 Å². The van der Waals surface area contributed by atoms with Crippen molar-refractivity contribution >= 4 is 28.0 Å². The number of halogens is 3. The second-order valence-corrected chi connectivity index (χ2v) is 6.12. The van der Waals surface area contributed by atoms with Crippen molar-refractivity contribution in [2.75, 3.05) is 7.11 Å². The van der Waals surface area contributed by atoms with E-state index in [-0.39, 0.29) is 29.8 Å². The van der Waals surface area contributed by atoms with E-state index in [2.05, 4.69) is 30.8 Å². The summed E-state index contributed by atoms with van der Waals surface area (Å²) >= 11 is 3.15. The van der Waals surface area contributed by atoms with E-state index >= 15 is 0 Å². The zero-order chi connectivity index (χ0) is 20.8. The summed E-state index contributed by atoms with van der Waals surface area (Å²) in [6.07, 6.45) is 2.64. The SMILES string of the molecule is COc1cc(-c2noc(COC(=O)/C=C/c3ccc(Br)o3)n2)ccc1OC(F)F. The largest absolute Gasteiger partial charge is 0.493 e. The third kappa shape index (κ3) is 5.64. The van der Waals surface area contributed by atoms with E-state index < -0.39 is 12.6 Å². The highest BCUT2D eigenvalue weighted by Crippen LogP contribution is 2.32. The van der Waals surface area contributed by atoms with Crippen molar-refractivity contribution in [2.24, 2.45) is 0 Å². The van der Waals surface area contributed by atoms with Gasteiger partial charge in [0.15, 0.2) is 22.8 Å². The highest BCUT2D eigenvalue weighted by molar-refractivity contribution is 9.10. The normalized spacial score (nSPS) is 11.2. The molecule has 0 bridgehead atoms. The number of methoxy groups -OCH3 is 1. The summed E-state index contributed by atoms with van der Waals surface area (Å²) in [4.78, 5) is 15.8. The van der Waals surface area contributed by atoms with Gasteiger partial charge in [0.25, 0.3) is 5.89 Å². The number of aromatic nitrogens is 2. The fourth-order valence-electron chi connectivity index (χ4n) is 2.18. The van der Waals surface area contributed by atoms with Crippen LogP contribution in [0, 0.1) is 0 Å². The molecular formula is C18H13BrF2N2O6. The van der Waals surface area contributed by atoms with Gasteiger partial charge in [-0.05, 0) is 52.3 Å². The fourth-order valence-corrected chi connectivity index (χ4v) is 2.50. The minimum absolute atomic E-state index is 0.0503. The lowest BCUT2D eigenvalue weighted by molar-refractivity contribution is -0.139. The molecule has 2 aromatic heterocycles. The van der Waals surface area contributed by atoms with Crippen molar-refractivity contribution in [3.63, 3.8) is 0 Å². The molecule has 0 aliphatic heterocycles. The number of carbonyl (C=O) groups is 1. The summed E-state index contributed by atoms with van der Waals surface area (Å²) < 4.78 is 50.0. The van der Waals surface area contributed by atoms with Gasteiger partial charge in [-0.1, -0.05) is 5.16 Å². The molecule has 0 atom stereocenters. The number of ether oxygens (including phenoxy) is 3. The van der Waals surface area contributed by atoms with E-state index in [4.69, 9.17) is 18.4 Å². The second-order valence-electron chi connectivity index (χ2n) is 5.34. The van der Waals surface area contributed by atoms with Crippen LogP contribution in [0.1, 0.15) is 11.7 Å². The summed E-state index contributed by atoms with van der Waals surface area (Å²) in [5, 5.41) is 3.77. The maximum Gasteiger partial charge on any atom is 0.387 e. The molecule has 0 aliphatic carbocycles. The first-order valence-corrected chi connectivity index (χ1v) is 8.80. The predicted octanol–water partition coefficient (Wildman–Crippen LogP) is 4.46. The zero-order valence-electron chi connectivity index (χ0n) is 14.8. The first-order valence-electron chi connectivity index (χ1n) is 8.00. The first kappa shape index (κ1) is 20.5. The topological polar surface area (TPSA) is 96.8 Å².